The van der Waals surface area contributed by atoms with Gasteiger partial charge in [0.1, 0.15) is 0 Å². The molecule has 0 aliphatic carbocycles. The van der Waals surface area contributed by atoms with E-state index in [2.05, 4.69) is 19.2 Å². The largest absolute Gasteiger partial charge is 0.396 e. The van der Waals surface area contributed by atoms with Crippen molar-refractivity contribution in [3.8, 4) is 0 Å². The molecule has 0 bridgehead atoms. The maximum Gasteiger partial charge on any atom is 0.0662 e. The van der Waals surface area contributed by atoms with Crippen LogP contribution >= 0.6 is 0 Å². The molecular weight excluding hydrogens is 166 g/mol. The van der Waals surface area contributed by atoms with Crippen molar-refractivity contribution < 1.29 is 10.2 Å². The van der Waals surface area contributed by atoms with E-state index in [0.717, 1.165) is 19.3 Å². The molecule has 0 rings (SSSR count). The lowest BCUT2D eigenvalue weighted by atomic mass is 9.94. The lowest BCUT2D eigenvalue weighted by Gasteiger charge is -2.30. The molecule has 3 heteroatoms. The Morgan fingerprint density at radius 3 is 2.38 bits per heavy atom. The summed E-state index contributed by atoms with van der Waals surface area (Å²) in [5, 5.41) is 21.5. The van der Waals surface area contributed by atoms with E-state index >= 15 is 0 Å². The number of hydrogen-bond acceptors (Lipinski definition) is 3. The zero-order valence-electron chi connectivity index (χ0n) is 9.01. The smallest absolute Gasteiger partial charge is 0.0662 e. The average molecular weight is 189 g/mol. The summed E-state index contributed by atoms with van der Waals surface area (Å²) in [6, 6.07) is 0. The first kappa shape index (κ1) is 12.9. The van der Waals surface area contributed by atoms with Gasteiger partial charge in [0.05, 0.1) is 6.10 Å². The first-order chi connectivity index (χ1) is 6.08. The molecule has 0 saturated carbocycles. The summed E-state index contributed by atoms with van der Waals surface area (Å²) in [4.78, 5) is 0. The zero-order valence-corrected chi connectivity index (χ0v) is 9.01. The van der Waals surface area contributed by atoms with Crippen molar-refractivity contribution in [1.29, 1.82) is 0 Å². The summed E-state index contributed by atoms with van der Waals surface area (Å²) >= 11 is 0. The highest BCUT2D eigenvalue weighted by Crippen LogP contribution is 2.13. The lowest BCUT2D eigenvalue weighted by molar-refractivity contribution is 0.140. The summed E-state index contributed by atoms with van der Waals surface area (Å²) < 4.78 is 0. The Kier molecular flexibility index (Phi) is 6.29. The zero-order chi connectivity index (χ0) is 10.3. The molecule has 0 aromatic carbocycles. The standard InChI is InChI=1S/C10H23NO2/c1-4-9(13)8-11-10(3,5-2)6-7-12/h9,11-13H,4-8H2,1-3H3. The fourth-order valence-corrected chi connectivity index (χ4v) is 1.15. The van der Waals surface area contributed by atoms with Crippen LogP contribution in [0.25, 0.3) is 0 Å². The quantitative estimate of drug-likeness (QED) is 0.557. The van der Waals surface area contributed by atoms with Crippen LogP contribution in [0, 0.1) is 0 Å². The van der Waals surface area contributed by atoms with Gasteiger partial charge in [-0.25, -0.2) is 0 Å². The van der Waals surface area contributed by atoms with Crippen molar-refractivity contribution in [2.75, 3.05) is 13.2 Å². The average Bonchev–Trinajstić information content (AvgIpc) is 2.15. The van der Waals surface area contributed by atoms with Gasteiger partial charge < -0.3 is 15.5 Å². The second-order valence-corrected chi connectivity index (χ2v) is 3.83. The molecule has 0 aliphatic heterocycles. The molecule has 0 radical (unpaired) electrons. The van der Waals surface area contributed by atoms with Crippen molar-refractivity contribution in [3.63, 3.8) is 0 Å². The number of rotatable bonds is 7. The SMILES string of the molecule is CCC(O)CNC(C)(CC)CCO. The number of aliphatic hydroxyl groups excluding tert-OH is 2. The van der Waals surface area contributed by atoms with E-state index in [-0.39, 0.29) is 18.2 Å². The minimum Gasteiger partial charge on any atom is -0.396 e. The summed E-state index contributed by atoms with van der Waals surface area (Å²) in [5.74, 6) is 0. The first-order valence-electron chi connectivity index (χ1n) is 5.12. The van der Waals surface area contributed by atoms with E-state index in [4.69, 9.17) is 5.11 Å². The minimum atomic E-state index is -0.274. The molecule has 0 amide bonds. The Bertz CT molecular complexity index is 130. The van der Waals surface area contributed by atoms with Crippen LogP contribution in [0.1, 0.15) is 40.0 Å². The van der Waals surface area contributed by atoms with Gasteiger partial charge in [0.2, 0.25) is 0 Å². The van der Waals surface area contributed by atoms with Crippen LogP contribution in [0.2, 0.25) is 0 Å². The summed E-state index contributed by atoms with van der Waals surface area (Å²) in [6.45, 7) is 6.93. The van der Waals surface area contributed by atoms with Crippen molar-refractivity contribution in [3.05, 3.63) is 0 Å². The third-order valence-corrected chi connectivity index (χ3v) is 2.68. The Hall–Kier alpha value is -0.120. The Labute approximate surface area is 81.2 Å². The molecule has 13 heavy (non-hydrogen) atoms. The number of hydrogen-bond donors (Lipinski definition) is 3. The number of aliphatic hydroxyl groups is 2. The van der Waals surface area contributed by atoms with Crippen molar-refractivity contribution >= 4 is 0 Å². The number of β-amino-alcohol motifs (C(OH)–C–C–N with tert-alkyl or cyclic N) is 1. The van der Waals surface area contributed by atoms with Gasteiger partial charge in [0.25, 0.3) is 0 Å². The van der Waals surface area contributed by atoms with Gasteiger partial charge in [0.15, 0.2) is 0 Å². The van der Waals surface area contributed by atoms with Gasteiger partial charge in [-0.2, -0.15) is 0 Å². The van der Waals surface area contributed by atoms with Crippen molar-refractivity contribution in [2.24, 2.45) is 0 Å². The molecule has 2 atom stereocenters. The summed E-state index contributed by atoms with van der Waals surface area (Å²) in [6.07, 6.45) is 2.19. The second kappa shape index (κ2) is 6.35. The molecule has 0 heterocycles. The van der Waals surface area contributed by atoms with Gasteiger partial charge in [-0.1, -0.05) is 13.8 Å². The number of nitrogens with one attached hydrogen (secondary N) is 1. The van der Waals surface area contributed by atoms with Crippen LogP contribution in [0.15, 0.2) is 0 Å². The van der Waals surface area contributed by atoms with Crippen molar-refractivity contribution in [2.45, 2.75) is 51.7 Å². The molecular formula is C10H23NO2. The Morgan fingerprint density at radius 2 is 2.00 bits per heavy atom. The molecule has 0 fully saturated rings. The van der Waals surface area contributed by atoms with Crippen LogP contribution in [0.4, 0.5) is 0 Å². The predicted octanol–water partition coefficient (Wildman–Crippen LogP) is 0.898. The van der Waals surface area contributed by atoms with Gasteiger partial charge in [-0.3, -0.25) is 0 Å². The summed E-state index contributed by atoms with van der Waals surface area (Å²) in [7, 11) is 0. The predicted molar refractivity (Wildman–Crippen MR) is 54.7 cm³/mol. The van der Waals surface area contributed by atoms with E-state index in [1.54, 1.807) is 0 Å². The molecule has 2 unspecified atom stereocenters. The summed E-state index contributed by atoms with van der Waals surface area (Å²) in [5.41, 5.74) is -0.0368. The second-order valence-electron chi connectivity index (χ2n) is 3.83. The Balaban J connectivity index is 3.82. The lowest BCUT2D eigenvalue weighted by Crippen LogP contribution is -2.45. The van der Waals surface area contributed by atoms with E-state index in [0.29, 0.717) is 6.54 Å². The van der Waals surface area contributed by atoms with E-state index < -0.39 is 0 Å². The third-order valence-electron chi connectivity index (χ3n) is 2.68. The van der Waals surface area contributed by atoms with Crippen LogP contribution in [0.5, 0.6) is 0 Å². The fraction of sp³-hybridized carbons (Fsp3) is 1.00. The van der Waals surface area contributed by atoms with E-state index in [1.807, 2.05) is 6.92 Å². The van der Waals surface area contributed by atoms with E-state index in [1.165, 1.54) is 0 Å². The highest BCUT2D eigenvalue weighted by atomic mass is 16.3. The van der Waals surface area contributed by atoms with Crippen LogP contribution in [-0.4, -0.2) is 35.0 Å². The molecule has 3 N–H and O–H groups in total. The minimum absolute atomic E-state index is 0.0368. The molecule has 0 aromatic rings. The molecule has 0 spiro atoms. The first-order valence-corrected chi connectivity index (χ1v) is 5.12. The maximum atomic E-state index is 9.36. The van der Waals surface area contributed by atoms with E-state index in [9.17, 15) is 5.11 Å². The maximum absolute atomic E-state index is 9.36. The van der Waals surface area contributed by atoms with Gasteiger partial charge >= 0.3 is 0 Å². The van der Waals surface area contributed by atoms with Crippen LogP contribution in [-0.2, 0) is 0 Å². The molecule has 3 nitrogen and oxygen atoms in total. The van der Waals surface area contributed by atoms with Gasteiger partial charge in [0, 0.05) is 18.7 Å². The topological polar surface area (TPSA) is 52.5 Å². The van der Waals surface area contributed by atoms with Crippen molar-refractivity contribution in [1.82, 2.24) is 5.32 Å². The van der Waals surface area contributed by atoms with Gasteiger partial charge in [-0.15, -0.1) is 0 Å². The molecule has 80 valence electrons. The third kappa shape index (κ3) is 5.24. The normalized spacial score (nSPS) is 18.2. The highest BCUT2D eigenvalue weighted by Gasteiger charge is 2.20. The highest BCUT2D eigenvalue weighted by molar-refractivity contribution is 4.81. The molecule has 0 aromatic heterocycles. The molecule has 0 saturated heterocycles. The Morgan fingerprint density at radius 1 is 1.38 bits per heavy atom. The van der Waals surface area contributed by atoms with Crippen LogP contribution < -0.4 is 5.32 Å². The monoisotopic (exact) mass is 189 g/mol. The molecule has 0 aliphatic rings. The van der Waals surface area contributed by atoms with Gasteiger partial charge in [-0.05, 0) is 26.2 Å². The fourth-order valence-electron chi connectivity index (χ4n) is 1.15. The van der Waals surface area contributed by atoms with Crippen LogP contribution in [0.3, 0.4) is 0 Å².